The number of carbonyl (C=O) groups excluding carboxylic acids is 3. The fraction of sp³-hybridized carbons (Fsp3) is 0.520. The molecule has 0 spiro atoms. The van der Waals surface area contributed by atoms with Crippen molar-refractivity contribution in [3.05, 3.63) is 34.8 Å². The van der Waals surface area contributed by atoms with Crippen LogP contribution in [0.2, 0.25) is 0 Å². The monoisotopic (exact) mass is 563 g/mol. The van der Waals surface area contributed by atoms with Crippen LogP contribution in [-0.4, -0.2) is 63.9 Å². The van der Waals surface area contributed by atoms with E-state index in [1.807, 2.05) is 24.3 Å². The number of carbonyl (C=O) groups is 3. The molecule has 2 heterocycles. The fourth-order valence-corrected chi connectivity index (χ4v) is 4.02. The maximum Gasteiger partial charge on any atom is 0.430 e. The Bertz CT molecular complexity index is 1140. The average molecular weight is 564 g/mol. The van der Waals surface area contributed by atoms with Gasteiger partial charge in [0, 0.05) is 23.5 Å². The third-order valence-corrected chi connectivity index (χ3v) is 5.64. The van der Waals surface area contributed by atoms with E-state index in [-0.39, 0.29) is 6.54 Å². The second-order valence-electron chi connectivity index (χ2n) is 10.6. The summed E-state index contributed by atoms with van der Waals surface area (Å²) in [5.41, 5.74) is 1.95. The first-order valence-corrected chi connectivity index (χ1v) is 12.6. The molecule has 1 aromatic heterocycles. The summed E-state index contributed by atoms with van der Waals surface area (Å²) in [6, 6.07) is 8.47. The number of hydrogen-bond donors (Lipinski definition) is 1. The molecule has 11 heteroatoms. The molecule has 10 nitrogen and oxygen atoms in total. The van der Waals surface area contributed by atoms with E-state index in [0.717, 1.165) is 25.4 Å². The quantitative estimate of drug-likeness (QED) is 0.523. The maximum absolute atomic E-state index is 13.4. The molecule has 0 aliphatic carbocycles. The largest absolute Gasteiger partial charge is 0.442 e. The number of rotatable bonds is 3. The Balaban J connectivity index is 1.85. The van der Waals surface area contributed by atoms with Gasteiger partial charge < -0.3 is 9.47 Å². The van der Waals surface area contributed by atoms with Gasteiger partial charge in [-0.2, -0.15) is 0 Å². The number of nitrogens with zero attached hydrogens (tertiary/aromatic N) is 4. The normalized spacial score (nSPS) is 16.5. The number of aromatic nitrogens is 1. The number of nitrogens with one attached hydrogen (secondary N) is 1. The first kappa shape index (κ1) is 27.5. The van der Waals surface area contributed by atoms with E-state index in [1.54, 1.807) is 54.7 Å². The number of benzene rings is 1. The third kappa shape index (κ3) is 6.99. The number of fused-ring (bicyclic) bond motifs is 1. The summed E-state index contributed by atoms with van der Waals surface area (Å²) in [5.74, 6) is 0.0327. The molecule has 1 N–H and O–H groups in total. The predicted molar refractivity (Wildman–Crippen MR) is 140 cm³/mol. The van der Waals surface area contributed by atoms with Crippen LogP contribution in [0, 0.1) is 0 Å². The Morgan fingerprint density at radius 1 is 1.03 bits per heavy atom. The Labute approximate surface area is 220 Å². The molecule has 0 unspecified atom stereocenters. The minimum atomic E-state index is -0.988. The van der Waals surface area contributed by atoms with E-state index >= 15 is 0 Å². The summed E-state index contributed by atoms with van der Waals surface area (Å²) in [6.07, 6.45) is -0.677. The number of hydrogen-bond acceptors (Lipinski definition) is 7. The highest BCUT2D eigenvalue weighted by atomic mass is 79.9. The molecule has 0 bridgehead atoms. The number of halogens is 1. The molecule has 3 amide bonds. The molecular formula is C25H34BrN5O5. The van der Waals surface area contributed by atoms with Crippen molar-refractivity contribution < 1.29 is 23.9 Å². The van der Waals surface area contributed by atoms with Crippen LogP contribution in [0.4, 0.5) is 15.4 Å². The van der Waals surface area contributed by atoms with Crippen molar-refractivity contribution in [2.24, 2.45) is 0 Å². The molecule has 1 saturated heterocycles. The Hall–Kier alpha value is -3.08. The van der Waals surface area contributed by atoms with E-state index in [1.165, 1.54) is 5.01 Å². The van der Waals surface area contributed by atoms with Crippen molar-refractivity contribution in [2.45, 2.75) is 71.6 Å². The van der Waals surface area contributed by atoms with Crippen LogP contribution in [0.15, 0.2) is 34.8 Å². The number of amides is 3. The van der Waals surface area contributed by atoms with E-state index < -0.39 is 35.3 Å². The average Bonchev–Trinajstić information content (AvgIpc) is 2.75. The molecule has 1 aliphatic heterocycles. The SMILES string of the molecule is CN(NC(=O)[C@@H]1CCCN(C(=O)OC(C)(C)C)N1C(=O)OC(C)(C)C)c1ccc2ccc(Br)cc2n1. The van der Waals surface area contributed by atoms with Crippen molar-refractivity contribution in [2.75, 3.05) is 18.6 Å². The fourth-order valence-electron chi connectivity index (χ4n) is 3.67. The number of pyridine rings is 1. The summed E-state index contributed by atoms with van der Waals surface area (Å²) in [7, 11) is 1.66. The van der Waals surface area contributed by atoms with Crippen molar-refractivity contribution in [3.63, 3.8) is 0 Å². The van der Waals surface area contributed by atoms with Gasteiger partial charge in [-0.3, -0.25) is 15.2 Å². The van der Waals surface area contributed by atoms with E-state index in [9.17, 15) is 14.4 Å². The molecule has 1 fully saturated rings. The van der Waals surface area contributed by atoms with Crippen molar-refractivity contribution in [3.8, 4) is 0 Å². The Kier molecular flexibility index (Phi) is 8.02. The summed E-state index contributed by atoms with van der Waals surface area (Å²) in [4.78, 5) is 44.2. The molecule has 196 valence electrons. The van der Waals surface area contributed by atoms with Gasteiger partial charge in [0.05, 0.1) is 5.52 Å². The highest BCUT2D eigenvalue weighted by Crippen LogP contribution is 2.25. The van der Waals surface area contributed by atoms with Crippen LogP contribution in [-0.2, 0) is 14.3 Å². The molecule has 1 aliphatic rings. The molecule has 2 aromatic rings. The molecule has 0 saturated carbocycles. The van der Waals surface area contributed by atoms with Gasteiger partial charge in [-0.05, 0) is 78.6 Å². The first-order chi connectivity index (χ1) is 16.6. The summed E-state index contributed by atoms with van der Waals surface area (Å²) < 4.78 is 11.9. The van der Waals surface area contributed by atoms with Gasteiger partial charge in [0.15, 0.2) is 0 Å². The molecule has 36 heavy (non-hydrogen) atoms. The molecular weight excluding hydrogens is 530 g/mol. The van der Waals surface area contributed by atoms with Crippen LogP contribution in [0.3, 0.4) is 0 Å². The van der Waals surface area contributed by atoms with E-state index in [0.29, 0.717) is 18.7 Å². The van der Waals surface area contributed by atoms with Gasteiger partial charge in [-0.1, -0.05) is 22.0 Å². The van der Waals surface area contributed by atoms with Crippen LogP contribution >= 0.6 is 15.9 Å². The van der Waals surface area contributed by atoms with Crippen molar-refractivity contribution in [1.29, 1.82) is 0 Å². The summed E-state index contributed by atoms with van der Waals surface area (Å²) in [6.45, 7) is 10.6. The summed E-state index contributed by atoms with van der Waals surface area (Å²) >= 11 is 3.45. The molecule has 0 radical (unpaired) electrons. The van der Waals surface area contributed by atoms with Crippen LogP contribution in [0.1, 0.15) is 54.4 Å². The lowest BCUT2D eigenvalue weighted by molar-refractivity contribution is -0.140. The zero-order chi connectivity index (χ0) is 26.8. The standard InChI is InChI=1S/C25H34BrN5O5/c1-24(2,3)35-22(33)30-14-8-9-19(31(30)23(34)36-25(4,5)6)21(32)28-29(7)20-13-11-16-10-12-17(26)15-18(16)27-20/h10-13,15,19H,8-9,14H2,1-7H3,(H,28,32)/t19-/m0/s1. The Morgan fingerprint density at radius 3 is 2.28 bits per heavy atom. The lowest BCUT2D eigenvalue weighted by Gasteiger charge is -2.43. The Morgan fingerprint density at radius 2 is 1.64 bits per heavy atom. The van der Waals surface area contributed by atoms with Gasteiger partial charge in [-0.25, -0.2) is 24.6 Å². The molecule has 1 aromatic carbocycles. The lowest BCUT2D eigenvalue weighted by Crippen LogP contribution is -2.64. The van der Waals surface area contributed by atoms with E-state index in [4.69, 9.17) is 9.47 Å². The first-order valence-electron chi connectivity index (χ1n) is 11.8. The topological polar surface area (TPSA) is 104 Å². The minimum Gasteiger partial charge on any atom is -0.442 e. The smallest absolute Gasteiger partial charge is 0.430 e. The number of anilines is 1. The summed E-state index contributed by atoms with van der Waals surface area (Å²) in [5, 5.41) is 4.66. The second-order valence-corrected chi connectivity index (χ2v) is 11.5. The van der Waals surface area contributed by atoms with Crippen molar-refractivity contribution >= 4 is 50.7 Å². The van der Waals surface area contributed by atoms with Crippen LogP contribution in [0.25, 0.3) is 10.9 Å². The van der Waals surface area contributed by atoms with Gasteiger partial charge in [0.1, 0.15) is 23.1 Å². The van der Waals surface area contributed by atoms with Gasteiger partial charge in [0.25, 0.3) is 5.91 Å². The van der Waals surface area contributed by atoms with Gasteiger partial charge in [0.2, 0.25) is 0 Å². The predicted octanol–water partition coefficient (Wildman–Crippen LogP) is 5.02. The zero-order valence-electron chi connectivity index (χ0n) is 21.8. The molecule has 1 atom stereocenters. The lowest BCUT2D eigenvalue weighted by atomic mass is 10.1. The van der Waals surface area contributed by atoms with Crippen LogP contribution < -0.4 is 10.4 Å². The van der Waals surface area contributed by atoms with Crippen LogP contribution in [0.5, 0.6) is 0 Å². The van der Waals surface area contributed by atoms with Gasteiger partial charge >= 0.3 is 12.2 Å². The number of hydrazine groups is 2. The maximum atomic E-state index is 13.4. The van der Waals surface area contributed by atoms with Crippen molar-refractivity contribution in [1.82, 2.24) is 20.4 Å². The second kappa shape index (κ2) is 10.5. The highest BCUT2D eigenvalue weighted by molar-refractivity contribution is 9.10. The van der Waals surface area contributed by atoms with E-state index in [2.05, 4.69) is 26.3 Å². The van der Waals surface area contributed by atoms with Gasteiger partial charge in [-0.15, -0.1) is 0 Å². The minimum absolute atomic E-state index is 0.217. The third-order valence-electron chi connectivity index (χ3n) is 5.15. The highest BCUT2D eigenvalue weighted by Gasteiger charge is 2.43. The molecule has 3 rings (SSSR count). The zero-order valence-corrected chi connectivity index (χ0v) is 23.4. The number of ether oxygens (including phenoxy) is 2.